The van der Waals surface area contributed by atoms with Crippen LogP contribution in [0.3, 0.4) is 0 Å². The monoisotopic (exact) mass is 435 g/mol. The Labute approximate surface area is 184 Å². The fourth-order valence-electron chi connectivity index (χ4n) is 2.56. The summed E-state index contributed by atoms with van der Waals surface area (Å²) in [5.74, 6) is -0.786. The maximum atomic E-state index is 12.3. The number of rotatable bonds is 9. The van der Waals surface area contributed by atoms with Crippen molar-refractivity contribution in [3.05, 3.63) is 83.8 Å². The molecule has 3 rings (SSSR count). The molecule has 0 saturated heterocycles. The first kappa shape index (κ1) is 22.3. The number of carbonyl (C=O) groups excluding carboxylic acids is 3. The molecule has 32 heavy (non-hydrogen) atoms. The summed E-state index contributed by atoms with van der Waals surface area (Å²) in [5, 5.41) is 6.27. The van der Waals surface area contributed by atoms with E-state index in [4.69, 9.17) is 13.9 Å². The summed E-state index contributed by atoms with van der Waals surface area (Å²) >= 11 is 0. The molecule has 2 aromatic carbocycles. The summed E-state index contributed by atoms with van der Waals surface area (Å²) in [6, 6.07) is 16.5. The number of furan rings is 1. The zero-order valence-corrected chi connectivity index (χ0v) is 17.2. The Morgan fingerprint density at radius 2 is 1.84 bits per heavy atom. The minimum absolute atomic E-state index is 0.109. The standard InChI is InChI=1S/C23H21N3O6/c1-2-30-20-13-16(10-11-18(20)32-23(29)17-7-4-3-5-8-17)14-25-26-21(27)15-24-22(28)19-9-6-12-31-19/h3-14H,2,15H2,1H3,(H,24,28)(H,26,27)/b25-14-. The Morgan fingerprint density at radius 1 is 1.03 bits per heavy atom. The number of benzene rings is 2. The van der Waals surface area contributed by atoms with Gasteiger partial charge < -0.3 is 19.2 Å². The molecule has 0 spiro atoms. The quantitative estimate of drug-likeness (QED) is 0.231. The van der Waals surface area contributed by atoms with E-state index in [2.05, 4.69) is 15.8 Å². The zero-order chi connectivity index (χ0) is 22.8. The number of ether oxygens (including phenoxy) is 2. The number of nitrogens with one attached hydrogen (secondary N) is 2. The van der Waals surface area contributed by atoms with E-state index >= 15 is 0 Å². The van der Waals surface area contributed by atoms with E-state index in [1.807, 2.05) is 6.07 Å². The lowest BCUT2D eigenvalue weighted by molar-refractivity contribution is -0.120. The maximum absolute atomic E-state index is 12.3. The van der Waals surface area contributed by atoms with Gasteiger partial charge in [0.05, 0.1) is 31.2 Å². The average molecular weight is 435 g/mol. The summed E-state index contributed by atoms with van der Waals surface area (Å²) in [5.41, 5.74) is 3.33. The van der Waals surface area contributed by atoms with Gasteiger partial charge >= 0.3 is 5.97 Å². The molecule has 3 aromatic rings. The lowest BCUT2D eigenvalue weighted by atomic mass is 10.2. The number of carbonyl (C=O) groups is 3. The van der Waals surface area contributed by atoms with Crippen molar-refractivity contribution < 1.29 is 28.3 Å². The minimum atomic E-state index is -0.514. The van der Waals surface area contributed by atoms with Gasteiger partial charge in [0.15, 0.2) is 17.3 Å². The third kappa shape index (κ3) is 6.30. The van der Waals surface area contributed by atoms with E-state index in [1.54, 1.807) is 55.5 Å². The molecule has 0 atom stereocenters. The maximum Gasteiger partial charge on any atom is 0.343 e. The van der Waals surface area contributed by atoms with Gasteiger partial charge in [-0.25, -0.2) is 10.2 Å². The minimum Gasteiger partial charge on any atom is -0.490 e. The van der Waals surface area contributed by atoms with Crippen LogP contribution in [0.15, 0.2) is 76.4 Å². The lowest BCUT2D eigenvalue weighted by Crippen LogP contribution is -2.34. The van der Waals surface area contributed by atoms with Crippen molar-refractivity contribution in [3.63, 3.8) is 0 Å². The molecule has 0 fully saturated rings. The molecule has 164 valence electrons. The molecule has 1 heterocycles. The van der Waals surface area contributed by atoms with Crippen molar-refractivity contribution in [1.82, 2.24) is 10.7 Å². The van der Waals surface area contributed by atoms with Crippen molar-refractivity contribution >= 4 is 24.0 Å². The van der Waals surface area contributed by atoms with E-state index < -0.39 is 17.8 Å². The largest absolute Gasteiger partial charge is 0.490 e. The van der Waals surface area contributed by atoms with Crippen LogP contribution in [0.25, 0.3) is 0 Å². The first-order valence-electron chi connectivity index (χ1n) is 9.74. The predicted molar refractivity (Wildman–Crippen MR) is 116 cm³/mol. The first-order valence-corrected chi connectivity index (χ1v) is 9.74. The average Bonchev–Trinajstić information content (AvgIpc) is 3.35. The van der Waals surface area contributed by atoms with Crippen molar-refractivity contribution in [2.45, 2.75) is 6.92 Å². The second-order valence-corrected chi connectivity index (χ2v) is 6.35. The van der Waals surface area contributed by atoms with Gasteiger partial charge in [0.2, 0.25) is 0 Å². The van der Waals surface area contributed by atoms with Gasteiger partial charge in [0.1, 0.15) is 0 Å². The van der Waals surface area contributed by atoms with Crippen molar-refractivity contribution in [2.24, 2.45) is 5.10 Å². The van der Waals surface area contributed by atoms with Crippen LogP contribution in [0, 0.1) is 0 Å². The van der Waals surface area contributed by atoms with Crippen LogP contribution in [0.2, 0.25) is 0 Å². The summed E-state index contributed by atoms with van der Waals surface area (Å²) in [6.07, 6.45) is 2.77. The second kappa shape index (κ2) is 11.1. The summed E-state index contributed by atoms with van der Waals surface area (Å²) in [6.45, 7) is 1.90. The fourth-order valence-corrected chi connectivity index (χ4v) is 2.56. The van der Waals surface area contributed by atoms with E-state index in [1.165, 1.54) is 18.5 Å². The lowest BCUT2D eigenvalue weighted by Gasteiger charge is -2.11. The molecular weight excluding hydrogens is 414 g/mol. The Kier molecular flexibility index (Phi) is 7.74. The Morgan fingerprint density at radius 3 is 2.56 bits per heavy atom. The SMILES string of the molecule is CCOc1cc(/C=N\NC(=O)CNC(=O)c2ccco2)ccc1OC(=O)c1ccccc1. The van der Waals surface area contributed by atoms with Gasteiger partial charge in [-0.15, -0.1) is 0 Å². The zero-order valence-electron chi connectivity index (χ0n) is 17.2. The third-order valence-corrected chi connectivity index (χ3v) is 4.04. The van der Waals surface area contributed by atoms with Gasteiger partial charge in [-0.2, -0.15) is 5.10 Å². The molecule has 0 saturated carbocycles. The van der Waals surface area contributed by atoms with Gasteiger partial charge in [0, 0.05) is 0 Å². The number of nitrogens with zero attached hydrogens (tertiary/aromatic N) is 1. The highest BCUT2D eigenvalue weighted by atomic mass is 16.6. The topological polar surface area (TPSA) is 119 Å². The Bertz CT molecular complexity index is 1090. The van der Waals surface area contributed by atoms with Crippen molar-refractivity contribution in [3.8, 4) is 11.5 Å². The molecule has 0 unspecified atom stereocenters. The highest BCUT2D eigenvalue weighted by Gasteiger charge is 2.13. The van der Waals surface area contributed by atoms with Crippen LogP contribution in [-0.2, 0) is 4.79 Å². The molecular formula is C23H21N3O6. The van der Waals surface area contributed by atoms with Crippen LogP contribution >= 0.6 is 0 Å². The molecule has 2 amide bonds. The molecule has 0 aliphatic heterocycles. The molecule has 0 bridgehead atoms. The van der Waals surface area contributed by atoms with Gasteiger partial charge in [0.25, 0.3) is 11.8 Å². The summed E-state index contributed by atoms with van der Waals surface area (Å²) in [4.78, 5) is 35.9. The molecule has 1 aromatic heterocycles. The molecule has 2 N–H and O–H groups in total. The van der Waals surface area contributed by atoms with Crippen LogP contribution in [0.4, 0.5) is 0 Å². The van der Waals surface area contributed by atoms with Crippen molar-refractivity contribution in [1.29, 1.82) is 0 Å². The molecule has 0 aliphatic carbocycles. The summed E-state index contributed by atoms with van der Waals surface area (Å²) in [7, 11) is 0. The van der Waals surface area contributed by atoms with Gasteiger partial charge in [-0.05, 0) is 55.0 Å². The third-order valence-electron chi connectivity index (χ3n) is 4.04. The van der Waals surface area contributed by atoms with Crippen molar-refractivity contribution in [2.75, 3.05) is 13.2 Å². The highest BCUT2D eigenvalue weighted by Crippen LogP contribution is 2.28. The number of hydrazone groups is 1. The van der Waals surface area contributed by atoms with Crippen LogP contribution < -0.4 is 20.2 Å². The van der Waals surface area contributed by atoms with E-state index in [-0.39, 0.29) is 18.1 Å². The Hall–Kier alpha value is -4.40. The fraction of sp³-hybridized carbons (Fsp3) is 0.130. The van der Waals surface area contributed by atoms with E-state index in [9.17, 15) is 14.4 Å². The number of esters is 1. The molecule has 9 heteroatoms. The number of hydrogen-bond acceptors (Lipinski definition) is 7. The van der Waals surface area contributed by atoms with E-state index in [0.717, 1.165) is 0 Å². The van der Waals surface area contributed by atoms with Gasteiger partial charge in [-0.1, -0.05) is 18.2 Å². The molecule has 0 aliphatic rings. The molecule has 0 radical (unpaired) electrons. The number of amides is 2. The smallest absolute Gasteiger partial charge is 0.343 e. The van der Waals surface area contributed by atoms with Crippen LogP contribution in [0.5, 0.6) is 11.5 Å². The predicted octanol–water partition coefficient (Wildman–Crippen LogP) is 2.78. The van der Waals surface area contributed by atoms with Crippen LogP contribution in [-0.4, -0.2) is 37.1 Å². The number of hydrogen-bond donors (Lipinski definition) is 2. The molecule has 9 nitrogen and oxygen atoms in total. The normalized spacial score (nSPS) is 10.5. The summed E-state index contributed by atoms with van der Waals surface area (Å²) < 4.78 is 15.9. The van der Waals surface area contributed by atoms with Crippen LogP contribution in [0.1, 0.15) is 33.4 Å². The first-order chi connectivity index (χ1) is 15.6. The highest BCUT2D eigenvalue weighted by molar-refractivity contribution is 5.94. The second-order valence-electron chi connectivity index (χ2n) is 6.35. The van der Waals surface area contributed by atoms with E-state index in [0.29, 0.717) is 23.5 Å². The Balaban J connectivity index is 1.57. The van der Waals surface area contributed by atoms with Gasteiger partial charge in [-0.3, -0.25) is 9.59 Å².